The van der Waals surface area contributed by atoms with Crippen molar-refractivity contribution < 1.29 is 9.84 Å². The van der Waals surface area contributed by atoms with Crippen LogP contribution in [0.1, 0.15) is 37.6 Å². The molecule has 0 amide bonds. The van der Waals surface area contributed by atoms with Crippen molar-refractivity contribution >= 4 is 0 Å². The molecule has 0 spiro atoms. The molecule has 0 fully saturated rings. The molecule has 3 nitrogen and oxygen atoms in total. The zero-order chi connectivity index (χ0) is 14.8. The first kappa shape index (κ1) is 14.5. The molecule has 0 aliphatic carbocycles. The summed E-state index contributed by atoms with van der Waals surface area (Å²) in [4.78, 5) is 4.38. The minimum atomic E-state index is -0.00229. The lowest BCUT2D eigenvalue weighted by molar-refractivity contribution is 0.280. The van der Waals surface area contributed by atoms with Crippen LogP contribution in [0.25, 0.3) is 0 Å². The van der Waals surface area contributed by atoms with Gasteiger partial charge in [-0.05, 0) is 30.0 Å². The summed E-state index contributed by atoms with van der Waals surface area (Å²) < 4.78 is 5.92. The summed E-state index contributed by atoms with van der Waals surface area (Å²) >= 11 is 0. The van der Waals surface area contributed by atoms with Crippen molar-refractivity contribution in [3.63, 3.8) is 0 Å². The number of para-hydroxylation sites is 1. The Balaban J connectivity index is 2.33. The van der Waals surface area contributed by atoms with Gasteiger partial charge >= 0.3 is 0 Å². The first-order chi connectivity index (χ1) is 9.41. The number of aromatic nitrogens is 1. The SMILES string of the molecule is Cc1nc(Oc2ccccc2C(C)(C)C)ccc1CO. The van der Waals surface area contributed by atoms with E-state index in [1.54, 1.807) is 6.07 Å². The van der Waals surface area contributed by atoms with Gasteiger partial charge in [0.15, 0.2) is 0 Å². The minimum absolute atomic E-state index is 0.00229. The monoisotopic (exact) mass is 271 g/mol. The number of nitrogens with zero attached hydrogens (tertiary/aromatic N) is 1. The molecule has 0 radical (unpaired) electrons. The Morgan fingerprint density at radius 1 is 1.10 bits per heavy atom. The lowest BCUT2D eigenvalue weighted by atomic mass is 9.86. The normalized spacial score (nSPS) is 11.4. The fourth-order valence-electron chi connectivity index (χ4n) is 2.08. The first-order valence-electron chi connectivity index (χ1n) is 6.76. The molecule has 0 bridgehead atoms. The lowest BCUT2D eigenvalue weighted by Crippen LogP contribution is -2.12. The van der Waals surface area contributed by atoms with Gasteiger partial charge < -0.3 is 9.84 Å². The van der Waals surface area contributed by atoms with Crippen molar-refractivity contribution in [2.24, 2.45) is 0 Å². The zero-order valence-electron chi connectivity index (χ0n) is 12.5. The molecule has 1 heterocycles. The molecular weight excluding hydrogens is 250 g/mol. The van der Waals surface area contributed by atoms with Gasteiger partial charge in [0.25, 0.3) is 0 Å². The minimum Gasteiger partial charge on any atom is -0.439 e. The summed E-state index contributed by atoms with van der Waals surface area (Å²) in [6, 6.07) is 11.6. The second kappa shape index (κ2) is 5.63. The third kappa shape index (κ3) is 3.17. The van der Waals surface area contributed by atoms with Crippen molar-refractivity contribution in [2.75, 3.05) is 0 Å². The van der Waals surface area contributed by atoms with Gasteiger partial charge in [-0.1, -0.05) is 39.0 Å². The molecule has 0 saturated carbocycles. The standard InChI is InChI=1S/C17H21NO2/c1-12-13(11-19)9-10-16(18-12)20-15-8-6-5-7-14(15)17(2,3)4/h5-10,19H,11H2,1-4H3. The van der Waals surface area contributed by atoms with Crippen LogP contribution < -0.4 is 4.74 Å². The van der Waals surface area contributed by atoms with E-state index < -0.39 is 0 Å². The van der Waals surface area contributed by atoms with Crippen molar-refractivity contribution in [3.05, 3.63) is 53.2 Å². The van der Waals surface area contributed by atoms with E-state index in [1.165, 1.54) is 0 Å². The Morgan fingerprint density at radius 2 is 1.80 bits per heavy atom. The van der Waals surface area contributed by atoms with E-state index in [4.69, 9.17) is 9.84 Å². The number of benzene rings is 1. The topological polar surface area (TPSA) is 42.4 Å². The Labute approximate surface area is 120 Å². The summed E-state index contributed by atoms with van der Waals surface area (Å²) in [5.74, 6) is 1.38. The molecule has 0 saturated heterocycles. The second-order valence-corrected chi connectivity index (χ2v) is 5.90. The van der Waals surface area contributed by atoms with Crippen LogP contribution in [-0.2, 0) is 12.0 Å². The number of aliphatic hydroxyl groups is 1. The number of aliphatic hydroxyl groups excluding tert-OH is 1. The molecule has 106 valence electrons. The molecule has 0 aliphatic heterocycles. The smallest absolute Gasteiger partial charge is 0.219 e. The Bertz CT molecular complexity index is 600. The van der Waals surface area contributed by atoms with E-state index in [2.05, 4.69) is 31.8 Å². The van der Waals surface area contributed by atoms with Crippen LogP contribution in [0.4, 0.5) is 0 Å². The number of pyridine rings is 1. The highest BCUT2D eigenvalue weighted by atomic mass is 16.5. The number of aryl methyl sites for hydroxylation is 1. The van der Waals surface area contributed by atoms with Crippen LogP contribution in [-0.4, -0.2) is 10.1 Å². The summed E-state index contributed by atoms with van der Waals surface area (Å²) in [7, 11) is 0. The summed E-state index contributed by atoms with van der Waals surface area (Å²) in [5.41, 5.74) is 2.77. The molecular formula is C17H21NO2. The largest absolute Gasteiger partial charge is 0.439 e. The van der Waals surface area contributed by atoms with Crippen LogP contribution in [0.15, 0.2) is 36.4 Å². The van der Waals surface area contributed by atoms with E-state index in [0.29, 0.717) is 5.88 Å². The van der Waals surface area contributed by atoms with Crippen LogP contribution in [0.2, 0.25) is 0 Å². The fourth-order valence-corrected chi connectivity index (χ4v) is 2.08. The molecule has 1 aromatic heterocycles. The maximum absolute atomic E-state index is 9.17. The Morgan fingerprint density at radius 3 is 2.40 bits per heavy atom. The molecule has 3 heteroatoms. The van der Waals surface area contributed by atoms with Gasteiger partial charge in [-0.3, -0.25) is 0 Å². The Hall–Kier alpha value is -1.87. The number of hydrogen-bond donors (Lipinski definition) is 1. The van der Waals surface area contributed by atoms with Crippen molar-refractivity contribution in [1.82, 2.24) is 4.98 Å². The average molecular weight is 271 g/mol. The van der Waals surface area contributed by atoms with Gasteiger partial charge in [0.1, 0.15) is 5.75 Å². The van der Waals surface area contributed by atoms with E-state index in [0.717, 1.165) is 22.6 Å². The molecule has 0 unspecified atom stereocenters. The molecule has 20 heavy (non-hydrogen) atoms. The van der Waals surface area contributed by atoms with Gasteiger partial charge in [0, 0.05) is 17.3 Å². The predicted molar refractivity (Wildman–Crippen MR) is 80.1 cm³/mol. The highest BCUT2D eigenvalue weighted by Gasteiger charge is 2.19. The summed E-state index contributed by atoms with van der Waals surface area (Å²) in [6.45, 7) is 8.33. The predicted octanol–water partition coefficient (Wildman–Crippen LogP) is 3.97. The number of rotatable bonds is 3. The third-order valence-corrected chi connectivity index (χ3v) is 3.25. The van der Waals surface area contributed by atoms with Crippen LogP contribution in [0, 0.1) is 6.92 Å². The highest BCUT2D eigenvalue weighted by molar-refractivity contribution is 5.40. The molecule has 1 aromatic carbocycles. The van der Waals surface area contributed by atoms with Gasteiger partial charge in [-0.15, -0.1) is 0 Å². The highest BCUT2D eigenvalue weighted by Crippen LogP contribution is 2.33. The first-order valence-corrected chi connectivity index (χ1v) is 6.76. The quantitative estimate of drug-likeness (QED) is 0.918. The van der Waals surface area contributed by atoms with Gasteiger partial charge in [-0.2, -0.15) is 0 Å². The van der Waals surface area contributed by atoms with Gasteiger partial charge in [0.2, 0.25) is 5.88 Å². The lowest BCUT2D eigenvalue weighted by Gasteiger charge is -2.22. The maximum atomic E-state index is 9.17. The molecule has 1 N–H and O–H groups in total. The van der Waals surface area contributed by atoms with E-state index in [1.807, 2.05) is 31.2 Å². The Kier molecular flexibility index (Phi) is 4.09. The number of ether oxygens (including phenoxy) is 1. The molecule has 2 rings (SSSR count). The molecule has 2 aromatic rings. The van der Waals surface area contributed by atoms with E-state index in [-0.39, 0.29) is 12.0 Å². The van der Waals surface area contributed by atoms with Crippen molar-refractivity contribution in [1.29, 1.82) is 0 Å². The van der Waals surface area contributed by atoms with Gasteiger partial charge in [-0.25, -0.2) is 4.98 Å². The van der Waals surface area contributed by atoms with Crippen LogP contribution in [0.3, 0.4) is 0 Å². The average Bonchev–Trinajstić information content (AvgIpc) is 2.38. The van der Waals surface area contributed by atoms with Gasteiger partial charge in [0.05, 0.1) is 6.61 Å². The maximum Gasteiger partial charge on any atom is 0.219 e. The second-order valence-electron chi connectivity index (χ2n) is 5.90. The van der Waals surface area contributed by atoms with Crippen molar-refractivity contribution in [3.8, 4) is 11.6 Å². The van der Waals surface area contributed by atoms with E-state index in [9.17, 15) is 0 Å². The summed E-state index contributed by atoms with van der Waals surface area (Å²) in [6.07, 6.45) is 0. The molecule has 0 atom stereocenters. The van der Waals surface area contributed by atoms with Crippen molar-refractivity contribution in [2.45, 2.75) is 39.7 Å². The number of hydrogen-bond acceptors (Lipinski definition) is 3. The van der Waals surface area contributed by atoms with E-state index >= 15 is 0 Å². The molecule has 0 aliphatic rings. The zero-order valence-corrected chi connectivity index (χ0v) is 12.5. The van der Waals surface area contributed by atoms with Crippen LogP contribution in [0.5, 0.6) is 11.6 Å². The summed E-state index contributed by atoms with van der Waals surface area (Å²) in [5, 5.41) is 9.17. The van der Waals surface area contributed by atoms with Crippen LogP contribution >= 0.6 is 0 Å². The fraction of sp³-hybridized carbons (Fsp3) is 0.353. The third-order valence-electron chi connectivity index (χ3n) is 3.25.